The average molecular weight is 209 g/mol. The van der Waals surface area contributed by atoms with Crippen molar-refractivity contribution in [1.29, 1.82) is 0 Å². The molecule has 2 atom stereocenters. The summed E-state index contributed by atoms with van der Waals surface area (Å²) in [6, 6.07) is 4.24. The third-order valence-electron chi connectivity index (χ3n) is 3.55. The quantitative estimate of drug-likeness (QED) is 0.629. The second kappa shape index (κ2) is 3.27. The summed E-state index contributed by atoms with van der Waals surface area (Å²) in [6.45, 7) is 9.07. The normalized spacial score (nSPS) is 24.7. The van der Waals surface area contributed by atoms with Gasteiger partial charge in [-0.1, -0.05) is 45.4 Å². The van der Waals surface area contributed by atoms with Gasteiger partial charge in [-0.05, 0) is 40.5 Å². The SMILES string of the molecule is CC(C)c1ccc(Cl)c2c1C(C)C2C. The Bertz CT molecular complexity index is 366. The number of fused-ring (bicyclic) bond motifs is 1. The number of rotatable bonds is 1. The fraction of sp³-hybridized carbons (Fsp3) is 0.538. The minimum atomic E-state index is 0.607. The van der Waals surface area contributed by atoms with Crippen LogP contribution < -0.4 is 0 Å². The highest BCUT2D eigenvalue weighted by Crippen LogP contribution is 2.52. The molecule has 0 N–H and O–H groups in total. The predicted octanol–water partition coefficient (Wildman–Crippen LogP) is 4.68. The van der Waals surface area contributed by atoms with E-state index in [1.807, 2.05) is 0 Å². The molecule has 0 aromatic heterocycles. The first kappa shape index (κ1) is 10.0. The van der Waals surface area contributed by atoms with Crippen LogP contribution in [0.25, 0.3) is 0 Å². The average Bonchev–Trinajstić information content (AvgIpc) is 2.15. The van der Waals surface area contributed by atoms with Gasteiger partial charge in [-0.15, -0.1) is 0 Å². The van der Waals surface area contributed by atoms with Crippen LogP contribution >= 0.6 is 11.6 Å². The minimum absolute atomic E-state index is 0.607. The zero-order valence-corrected chi connectivity index (χ0v) is 10.0. The van der Waals surface area contributed by atoms with Gasteiger partial charge in [-0.2, -0.15) is 0 Å². The van der Waals surface area contributed by atoms with E-state index in [-0.39, 0.29) is 0 Å². The zero-order valence-electron chi connectivity index (χ0n) is 9.26. The predicted molar refractivity (Wildman–Crippen MR) is 62.4 cm³/mol. The summed E-state index contributed by atoms with van der Waals surface area (Å²) >= 11 is 6.20. The fourth-order valence-corrected chi connectivity index (χ4v) is 2.84. The van der Waals surface area contributed by atoms with Crippen LogP contribution in [0.5, 0.6) is 0 Å². The largest absolute Gasteiger partial charge is 0.0840 e. The third-order valence-corrected chi connectivity index (χ3v) is 3.88. The van der Waals surface area contributed by atoms with Crippen molar-refractivity contribution in [3.63, 3.8) is 0 Å². The lowest BCUT2D eigenvalue weighted by molar-refractivity contribution is 0.531. The van der Waals surface area contributed by atoms with Crippen LogP contribution in [0.3, 0.4) is 0 Å². The Morgan fingerprint density at radius 3 is 2.21 bits per heavy atom. The summed E-state index contributed by atoms with van der Waals surface area (Å²) in [7, 11) is 0. The summed E-state index contributed by atoms with van der Waals surface area (Å²) in [5, 5.41) is 0.954. The van der Waals surface area contributed by atoms with Crippen molar-refractivity contribution in [2.45, 2.75) is 45.4 Å². The Hall–Kier alpha value is -0.490. The molecule has 2 unspecified atom stereocenters. The van der Waals surface area contributed by atoms with E-state index in [4.69, 9.17) is 11.6 Å². The Kier molecular flexibility index (Phi) is 2.35. The minimum Gasteiger partial charge on any atom is -0.0840 e. The molecular formula is C13H17Cl. The lowest BCUT2D eigenvalue weighted by Crippen LogP contribution is -2.22. The summed E-state index contributed by atoms with van der Waals surface area (Å²) in [5.41, 5.74) is 4.39. The van der Waals surface area contributed by atoms with Gasteiger partial charge >= 0.3 is 0 Å². The van der Waals surface area contributed by atoms with Crippen LogP contribution in [0.2, 0.25) is 5.02 Å². The molecule has 1 heteroatoms. The van der Waals surface area contributed by atoms with E-state index in [0.717, 1.165) is 5.02 Å². The number of halogens is 1. The molecule has 0 aliphatic heterocycles. The molecule has 0 fully saturated rings. The van der Waals surface area contributed by atoms with E-state index < -0.39 is 0 Å². The van der Waals surface area contributed by atoms with Gasteiger partial charge < -0.3 is 0 Å². The van der Waals surface area contributed by atoms with Crippen LogP contribution in [-0.4, -0.2) is 0 Å². The van der Waals surface area contributed by atoms with Crippen molar-refractivity contribution >= 4 is 11.6 Å². The lowest BCUT2D eigenvalue weighted by atomic mass is 9.66. The summed E-state index contributed by atoms with van der Waals surface area (Å²) in [4.78, 5) is 0. The van der Waals surface area contributed by atoms with Crippen molar-refractivity contribution in [2.75, 3.05) is 0 Å². The Balaban J connectivity index is 2.59. The van der Waals surface area contributed by atoms with Gasteiger partial charge in [0.05, 0.1) is 0 Å². The second-order valence-corrected chi connectivity index (χ2v) is 5.10. The molecule has 0 saturated carbocycles. The van der Waals surface area contributed by atoms with Gasteiger partial charge in [0.2, 0.25) is 0 Å². The molecule has 0 spiro atoms. The third kappa shape index (κ3) is 1.20. The Morgan fingerprint density at radius 2 is 1.64 bits per heavy atom. The first-order valence-corrected chi connectivity index (χ1v) is 5.74. The van der Waals surface area contributed by atoms with Crippen molar-refractivity contribution in [3.05, 3.63) is 33.8 Å². The maximum absolute atomic E-state index is 6.20. The summed E-state index contributed by atoms with van der Waals surface area (Å²) in [6.07, 6.45) is 0. The van der Waals surface area contributed by atoms with Crippen molar-refractivity contribution in [3.8, 4) is 0 Å². The Morgan fingerprint density at radius 1 is 1.07 bits per heavy atom. The van der Waals surface area contributed by atoms with Crippen molar-refractivity contribution < 1.29 is 0 Å². The van der Waals surface area contributed by atoms with Gasteiger partial charge in [-0.3, -0.25) is 0 Å². The van der Waals surface area contributed by atoms with Crippen LogP contribution in [-0.2, 0) is 0 Å². The maximum Gasteiger partial charge on any atom is 0.0443 e. The molecule has 14 heavy (non-hydrogen) atoms. The smallest absolute Gasteiger partial charge is 0.0443 e. The van der Waals surface area contributed by atoms with E-state index in [1.165, 1.54) is 16.7 Å². The van der Waals surface area contributed by atoms with Crippen LogP contribution in [0.1, 0.15) is 62.1 Å². The molecule has 0 amide bonds. The molecule has 1 aromatic rings. The van der Waals surface area contributed by atoms with Crippen molar-refractivity contribution in [1.82, 2.24) is 0 Å². The molecule has 0 saturated heterocycles. The van der Waals surface area contributed by atoms with E-state index >= 15 is 0 Å². The van der Waals surface area contributed by atoms with Gasteiger partial charge in [0.25, 0.3) is 0 Å². The van der Waals surface area contributed by atoms with Gasteiger partial charge in [-0.25, -0.2) is 0 Å². The molecule has 1 aliphatic carbocycles. The molecule has 0 bridgehead atoms. The molecule has 1 aromatic carbocycles. The van der Waals surface area contributed by atoms with Crippen LogP contribution in [0.4, 0.5) is 0 Å². The van der Waals surface area contributed by atoms with E-state index in [2.05, 4.69) is 39.8 Å². The highest BCUT2D eigenvalue weighted by atomic mass is 35.5. The monoisotopic (exact) mass is 208 g/mol. The van der Waals surface area contributed by atoms with Gasteiger partial charge in [0.1, 0.15) is 0 Å². The number of benzene rings is 1. The summed E-state index contributed by atoms with van der Waals surface area (Å²) in [5.74, 6) is 1.92. The molecule has 76 valence electrons. The zero-order chi connectivity index (χ0) is 10.5. The number of hydrogen-bond donors (Lipinski definition) is 0. The van der Waals surface area contributed by atoms with Crippen LogP contribution in [0.15, 0.2) is 12.1 Å². The molecule has 0 heterocycles. The van der Waals surface area contributed by atoms with E-state index in [9.17, 15) is 0 Å². The summed E-state index contributed by atoms with van der Waals surface area (Å²) < 4.78 is 0. The standard InChI is InChI=1S/C13H17Cl/c1-7(2)10-5-6-11(14)13-9(4)8(3)12(10)13/h5-9H,1-4H3. The van der Waals surface area contributed by atoms with Crippen LogP contribution in [0, 0.1) is 0 Å². The number of hydrogen-bond acceptors (Lipinski definition) is 0. The molecule has 0 radical (unpaired) electrons. The van der Waals surface area contributed by atoms with Crippen molar-refractivity contribution in [2.24, 2.45) is 0 Å². The molecule has 0 nitrogen and oxygen atoms in total. The first-order chi connectivity index (χ1) is 6.54. The molecular weight excluding hydrogens is 192 g/mol. The van der Waals surface area contributed by atoms with E-state index in [1.54, 1.807) is 0 Å². The van der Waals surface area contributed by atoms with Gasteiger partial charge in [0.15, 0.2) is 0 Å². The highest BCUT2D eigenvalue weighted by Gasteiger charge is 2.35. The second-order valence-electron chi connectivity index (χ2n) is 4.70. The Labute approximate surface area is 91.3 Å². The molecule has 1 aliphatic rings. The fourth-order valence-electron chi connectivity index (χ4n) is 2.50. The molecule has 2 rings (SSSR count). The van der Waals surface area contributed by atoms with Gasteiger partial charge in [0, 0.05) is 5.02 Å². The first-order valence-electron chi connectivity index (χ1n) is 5.36. The lowest BCUT2D eigenvalue weighted by Gasteiger charge is -2.38. The van der Waals surface area contributed by atoms with E-state index in [0.29, 0.717) is 17.8 Å². The topological polar surface area (TPSA) is 0 Å². The highest BCUT2D eigenvalue weighted by molar-refractivity contribution is 6.31. The maximum atomic E-state index is 6.20.